The van der Waals surface area contributed by atoms with E-state index in [1.54, 1.807) is 18.2 Å². The van der Waals surface area contributed by atoms with Crippen molar-refractivity contribution in [1.82, 2.24) is 10.2 Å². The Balaban J connectivity index is 1.30. The van der Waals surface area contributed by atoms with Crippen molar-refractivity contribution < 1.29 is 38.2 Å². The number of anilines is 1. The Morgan fingerprint density at radius 2 is 1.74 bits per heavy atom. The van der Waals surface area contributed by atoms with Crippen LogP contribution in [-0.2, 0) is 9.53 Å². The summed E-state index contributed by atoms with van der Waals surface area (Å²) in [6.45, 7) is 3.63. The molecule has 0 fully saturated rings. The monoisotopic (exact) mass is 465 g/mol. The molecule has 0 unspecified atom stereocenters. The number of esters is 1. The number of imide groups is 2. The van der Waals surface area contributed by atoms with Gasteiger partial charge in [0.2, 0.25) is 0 Å². The summed E-state index contributed by atoms with van der Waals surface area (Å²) in [6, 6.07) is 7.81. The highest BCUT2D eigenvalue weighted by atomic mass is 16.6. The lowest BCUT2D eigenvalue weighted by Crippen LogP contribution is -2.37. The maximum Gasteiger partial charge on any atom is 0.338 e. The van der Waals surface area contributed by atoms with Gasteiger partial charge in [0.1, 0.15) is 13.2 Å². The van der Waals surface area contributed by atoms with Crippen molar-refractivity contribution >= 4 is 35.4 Å². The van der Waals surface area contributed by atoms with E-state index in [1.165, 1.54) is 24.3 Å². The zero-order valence-electron chi connectivity index (χ0n) is 17.8. The zero-order chi connectivity index (χ0) is 24.2. The molecule has 0 bridgehead atoms. The Kier molecular flexibility index (Phi) is 6.26. The fourth-order valence-corrected chi connectivity index (χ4v) is 3.37. The van der Waals surface area contributed by atoms with E-state index in [0.29, 0.717) is 30.4 Å². The van der Waals surface area contributed by atoms with Crippen molar-refractivity contribution in [3.63, 3.8) is 0 Å². The molecular weight excluding hydrogens is 446 g/mol. The second-order valence-electron chi connectivity index (χ2n) is 7.21. The van der Waals surface area contributed by atoms with E-state index in [-0.39, 0.29) is 23.2 Å². The molecule has 34 heavy (non-hydrogen) atoms. The van der Waals surface area contributed by atoms with Gasteiger partial charge in [-0.2, -0.15) is 0 Å². The summed E-state index contributed by atoms with van der Waals surface area (Å²) in [4.78, 5) is 62.0. The number of fused-ring (bicyclic) bond motifs is 2. The molecule has 0 atom stereocenters. The van der Waals surface area contributed by atoms with E-state index < -0.39 is 36.3 Å². The first kappa shape index (κ1) is 22.5. The topological polar surface area (TPSA) is 140 Å². The van der Waals surface area contributed by atoms with Crippen LogP contribution in [0.5, 0.6) is 11.5 Å². The van der Waals surface area contributed by atoms with Crippen LogP contribution in [0.4, 0.5) is 10.5 Å². The summed E-state index contributed by atoms with van der Waals surface area (Å²) in [7, 11) is 0. The average molecular weight is 465 g/mol. The summed E-state index contributed by atoms with van der Waals surface area (Å²) in [6.07, 6.45) is 1.42. The van der Waals surface area contributed by atoms with Gasteiger partial charge in [-0.15, -0.1) is 6.58 Å². The Morgan fingerprint density at radius 1 is 1.00 bits per heavy atom. The predicted molar refractivity (Wildman–Crippen MR) is 117 cm³/mol. The van der Waals surface area contributed by atoms with Gasteiger partial charge in [0.05, 0.1) is 16.7 Å². The minimum atomic E-state index is -0.896. The van der Waals surface area contributed by atoms with Gasteiger partial charge in [-0.3, -0.25) is 24.6 Å². The molecule has 0 saturated heterocycles. The van der Waals surface area contributed by atoms with E-state index >= 15 is 0 Å². The van der Waals surface area contributed by atoms with Crippen LogP contribution in [0, 0.1) is 0 Å². The molecule has 5 amide bonds. The molecule has 4 rings (SSSR count). The Bertz CT molecular complexity index is 1220. The molecule has 0 aliphatic carbocycles. The van der Waals surface area contributed by atoms with Crippen molar-refractivity contribution in [2.45, 2.75) is 0 Å². The second kappa shape index (κ2) is 9.45. The average Bonchev–Trinajstić information content (AvgIpc) is 3.07. The first-order chi connectivity index (χ1) is 16.4. The van der Waals surface area contributed by atoms with Gasteiger partial charge in [-0.05, 0) is 30.3 Å². The van der Waals surface area contributed by atoms with E-state index in [1.807, 2.05) is 5.32 Å². The van der Waals surface area contributed by atoms with E-state index in [9.17, 15) is 24.0 Å². The van der Waals surface area contributed by atoms with Gasteiger partial charge >= 0.3 is 12.0 Å². The van der Waals surface area contributed by atoms with Crippen molar-refractivity contribution in [2.75, 3.05) is 31.7 Å². The number of rotatable bonds is 6. The molecule has 2 aromatic carbocycles. The molecule has 2 aliphatic rings. The lowest BCUT2D eigenvalue weighted by molar-refractivity contribution is -0.123. The Hall–Kier alpha value is -4.67. The summed E-state index contributed by atoms with van der Waals surface area (Å²) in [5.41, 5.74) is 0.574. The third-order valence-corrected chi connectivity index (χ3v) is 4.91. The number of carbonyl (C=O) groups excluding carboxylic acids is 5. The number of hydrogen-bond acceptors (Lipinski definition) is 8. The van der Waals surface area contributed by atoms with Gasteiger partial charge < -0.3 is 19.5 Å². The highest BCUT2D eigenvalue weighted by molar-refractivity contribution is 6.22. The molecule has 2 aliphatic heterocycles. The third-order valence-electron chi connectivity index (χ3n) is 4.91. The number of urea groups is 1. The molecule has 174 valence electrons. The molecular formula is C23H19N3O8. The van der Waals surface area contributed by atoms with Crippen molar-refractivity contribution in [3.8, 4) is 11.5 Å². The van der Waals surface area contributed by atoms with Crippen LogP contribution < -0.4 is 20.1 Å². The standard InChI is InChI=1S/C23H19N3O8/c1-2-7-26-20(28)15-5-3-13(10-16(15)21(26)29)22(30)34-12-19(27)25-23(31)24-14-4-6-17-18(11-14)33-9-8-32-17/h2-6,10-11H,1,7-9,12H2,(H2,24,25,27,31). The summed E-state index contributed by atoms with van der Waals surface area (Å²) in [5.74, 6) is -1.79. The van der Waals surface area contributed by atoms with E-state index in [4.69, 9.17) is 14.2 Å². The van der Waals surface area contributed by atoms with Gasteiger partial charge in [-0.1, -0.05) is 6.08 Å². The van der Waals surface area contributed by atoms with Gasteiger partial charge in [0.25, 0.3) is 17.7 Å². The highest BCUT2D eigenvalue weighted by Gasteiger charge is 2.35. The smallest absolute Gasteiger partial charge is 0.338 e. The number of nitrogens with zero attached hydrogens (tertiary/aromatic N) is 1. The molecule has 2 heterocycles. The van der Waals surface area contributed by atoms with Crippen LogP contribution in [0.3, 0.4) is 0 Å². The van der Waals surface area contributed by atoms with Crippen LogP contribution in [0.2, 0.25) is 0 Å². The van der Waals surface area contributed by atoms with Gasteiger partial charge in [-0.25, -0.2) is 9.59 Å². The maximum absolute atomic E-state index is 12.4. The first-order valence-corrected chi connectivity index (χ1v) is 10.2. The summed E-state index contributed by atoms with van der Waals surface area (Å²) in [5, 5.41) is 4.50. The van der Waals surface area contributed by atoms with Crippen LogP contribution in [0.1, 0.15) is 31.1 Å². The van der Waals surface area contributed by atoms with Crippen LogP contribution in [0.15, 0.2) is 49.1 Å². The number of carbonyl (C=O) groups is 5. The minimum absolute atomic E-state index is 0.0196. The third kappa shape index (κ3) is 4.58. The van der Waals surface area contributed by atoms with Crippen molar-refractivity contribution in [3.05, 3.63) is 65.7 Å². The van der Waals surface area contributed by atoms with Crippen LogP contribution in [-0.4, -0.2) is 61.0 Å². The zero-order valence-corrected chi connectivity index (χ0v) is 17.8. The normalized spacial score (nSPS) is 13.7. The molecule has 0 aromatic heterocycles. The number of ether oxygens (including phenoxy) is 3. The molecule has 11 heteroatoms. The second-order valence-corrected chi connectivity index (χ2v) is 7.21. The van der Waals surface area contributed by atoms with E-state index in [2.05, 4.69) is 11.9 Å². The van der Waals surface area contributed by atoms with Gasteiger partial charge in [0, 0.05) is 18.3 Å². The maximum atomic E-state index is 12.4. The molecule has 0 saturated carbocycles. The number of nitrogens with one attached hydrogen (secondary N) is 2. The molecule has 11 nitrogen and oxygen atoms in total. The fraction of sp³-hybridized carbons (Fsp3) is 0.174. The predicted octanol–water partition coefficient (Wildman–Crippen LogP) is 1.74. The lowest BCUT2D eigenvalue weighted by Gasteiger charge is -2.19. The Morgan fingerprint density at radius 3 is 2.50 bits per heavy atom. The van der Waals surface area contributed by atoms with Crippen molar-refractivity contribution in [2.24, 2.45) is 0 Å². The number of benzene rings is 2. The minimum Gasteiger partial charge on any atom is -0.486 e. The largest absolute Gasteiger partial charge is 0.486 e. The summed E-state index contributed by atoms with van der Waals surface area (Å²) >= 11 is 0. The Labute approximate surface area is 193 Å². The molecule has 0 radical (unpaired) electrons. The number of hydrogen-bond donors (Lipinski definition) is 2. The van der Waals surface area contributed by atoms with Crippen LogP contribution in [0.25, 0.3) is 0 Å². The fourth-order valence-electron chi connectivity index (χ4n) is 3.37. The molecule has 0 spiro atoms. The summed E-state index contributed by atoms with van der Waals surface area (Å²) < 4.78 is 15.7. The lowest BCUT2D eigenvalue weighted by atomic mass is 10.1. The molecule has 2 aromatic rings. The van der Waals surface area contributed by atoms with E-state index in [0.717, 1.165) is 4.90 Å². The first-order valence-electron chi connectivity index (χ1n) is 10.2. The van der Waals surface area contributed by atoms with Crippen LogP contribution >= 0.6 is 0 Å². The van der Waals surface area contributed by atoms with Crippen molar-refractivity contribution in [1.29, 1.82) is 0 Å². The quantitative estimate of drug-likeness (QED) is 0.374. The SMILES string of the molecule is C=CCN1C(=O)c2ccc(C(=O)OCC(=O)NC(=O)Nc3ccc4c(c3)OCCO4)cc2C1=O. The highest BCUT2D eigenvalue weighted by Crippen LogP contribution is 2.32. The molecule has 2 N–H and O–H groups in total. The van der Waals surface area contributed by atoms with Gasteiger partial charge in [0.15, 0.2) is 18.1 Å². The number of amides is 5.